The predicted molar refractivity (Wildman–Crippen MR) is 67.1 cm³/mol. The first kappa shape index (κ1) is 12.3. The number of piperidine rings is 1. The Labute approximate surface area is 102 Å². The Morgan fingerprint density at radius 1 is 1.59 bits per heavy atom. The lowest BCUT2D eigenvalue weighted by Gasteiger charge is -2.33. The maximum Gasteiger partial charge on any atom is 0.200 e. The molecular weight excluding hydrogens is 214 g/mol. The number of hydrogen-bond donors (Lipinski definition) is 1. The lowest BCUT2D eigenvalue weighted by molar-refractivity contribution is 0.0823. The van der Waals surface area contributed by atoms with Crippen LogP contribution in [0.25, 0.3) is 0 Å². The Morgan fingerprint density at radius 2 is 2.41 bits per heavy atom. The van der Waals surface area contributed by atoms with Crippen molar-refractivity contribution in [2.24, 2.45) is 0 Å². The first-order valence-electron chi connectivity index (χ1n) is 6.49. The summed E-state index contributed by atoms with van der Waals surface area (Å²) in [6.07, 6.45) is 5.92. The van der Waals surface area contributed by atoms with Crippen LogP contribution < -0.4 is 5.32 Å². The van der Waals surface area contributed by atoms with E-state index in [0.29, 0.717) is 0 Å². The molecule has 4 nitrogen and oxygen atoms in total. The second-order valence-corrected chi connectivity index (χ2v) is 4.98. The molecule has 0 bridgehead atoms. The summed E-state index contributed by atoms with van der Waals surface area (Å²) >= 11 is 0. The summed E-state index contributed by atoms with van der Waals surface area (Å²) in [6, 6.07) is 1.83. The van der Waals surface area contributed by atoms with E-state index < -0.39 is 5.54 Å². The molecule has 0 amide bonds. The molecule has 1 atom stereocenters. The minimum atomic E-state index is -0.399. The van der Waals surface area contributed by atoms with Gasteiger partial charge >= 0.3 is 0 Å². The molecule has 1 aromatic rings. The molecule has 0 saturated carbocycles. The topological polar surface area (TPSA) is 46.9 Å². The van der Waals surface area contributed by atoms with Crippen molar-refractivity contribution in [3.8, 4) is 0 Å². The lowest BCUT2D eigenvalue weighted by Crippen LogP contribution is -2.52. The molecule has 1 aliphatic rings. The third-order valence-corrected chi connectivity index (χ3v) is 3.50. The molecule has 0 aliphatic carbocycles. The van der Waals surface area contributed by atoms with Gasteiger partial charge in [0.05, 0.1) is 5.54 Å². The summed E-state index contributed by atoms with van der Waals surface area (Å²) in [5.41, 5.74) is 0.341. The van der Waals surface area contributed by atoms with Gasteiger partial charge in [-0.15, -0.1) is 0 Å². The summed E-state index contributed by atoms with van der Waals surface area (Å²) in [5.74, 6) is 0.183. The molecule has 2 rings (SSSR count). The number of Topliss-reactive ketones (excluding diaryl/α,β-unsaturated/α-hetero) is 1. The molecule has 1 aliphatic heterocycles. The minimum Gasteiger partial charge on any atom is -0.305 e. The number of aromatic nitrogens is 2. The second kappa shape index (κ2) is 5.00. The number of carbonyl (C=O) groups is 1. The highest BCUT2D eigenvalue weighted by atomic mass is 16.1. The average molecular weight is 235 g/mol. The highest BCUT2D eigenvalue weighted by Gasteiger charge is 2.36. The summed E-state index contributed by atoms with van der Waals surface area (Å²) in [7, 11) is 0. The lowest BCUT2D eigenvalue weighted by atomic mass is 9.85. The molecule has 4 heteroatoms. The van der Waals surface area contributed by atoms with Crippen LogP contribution in [0.15, 0.2) is 12.3 Å². The molecule has 1 fully saturated rings. The zero-order chi connectivity index (χ0) is 12.3. The standard InChI is InChI=1S/C13H21N3O/c1-3-10-16-11(6-9-15-16)12(17)13(2)7-4-5-8-14-13/h6,9,14H,3-5,7-8,10H2,1-2H3. The number of hydrogen-bond acceptors (Lipinski definition) is 3. The van der Waals surface area contributed by atoms with Crippen LogP contribution in [-0.2, 0) is 6.54 Å². The van der Waals surface area contributed by atoms with E-state index in [-0.39, 0.29) is 5.78 Å². The van der Waals surface area contributed by atoms with Gasteiger partial charge in [0.25, 0.3) is 0 Å². The van der Waals surface area contributed by atoms with Crippen LogP contribution in [0, 0.1) is 0 Å². The van der Waals surface area contributed by atoms with E-state index in [9.17, 15) is 4.79 Å². The Kier molecular flexibility index (Phi) is 3.62. The van der Waals surface area contributed by atoms with Gasteiger partial charge < -0.3 is 5.32 Å². The van der Waals surface area contributed by atoms with Crippen molar-refractivity contribution < 1.29 is 4.79 Å². The first-order valence-corrected chi connectivity index (χ1v) is 6.49. The van der Waals surface area contributed by atoms with Gasteiger partial charge in [-0.2, -0.15) is 5.10 Å². The fourth-order valence-electron chi connectivity index (χ4n) is 2.45. The zero-order valence-electron chi connectivity index (χ0n) is 10.7. The zero-order valence-corrected chi connectivity index (χ0v) is 10.7. The summed E-state index contributed by atoms with van der Waals surface area (Å²) in [6.45, 7) is 5.85. The third-order valence-electron chi connectivity index (χ3n) is 3.50. The normalized spacial score (nSPS) is 24.8. The van der Waals surface area contributed by atoms with Crippen LogP contribution in [-0.4, -0.2) is 27.6 Å². The Morgan fingerprint density at radius 3 is 3.06 bits per heavy atom. The molecule has 1 saturated heterocycles. The second-order valence-electron chi connectivity index (χ2n) is 4.98. The Hall–Kier alpha value is -1.16. The number of ketones is 1. The Bertz CT molecular complexity index is 391. The molecule has 0 radical (unpaired) electrons. The van der Waals surface area contributed by atoms with Gasteiger partial charge in [0.1, 0.15) is 5.69 Å². The summed E-state index contributed by atoms with van der Waals surface area (Å²) < 4.78 is 1.82. The highest BCUT2D eigenvalue weighted by Crippen LogP contribution is 2.23. The van der Waals surface area contributed by atoms with Gasteiger partial charge in [-0.05, 0) is 45.2 Å². The molecule has 1 N–H and O–H groups in total. The maximum absolute atomic E-state index is 12.6. The third kappa shape index (κ3) is 2.41. The van der Waals surface area contributed by atoms with Gasteiger partial charge in [-0.1, -0.05) is 6.92 Å². The van der Waals surface area contributed by atoms with Gasteiger partial charge in [-0.3, -0.25) is 9.48 Å². The number of aryl methyl sites for hydroxylation is 1. The quantitative estimate of drug-likeness (QED) is 0.812. The van der Waals surface area contributed by atoms with Crippen molar-refractivity contribution in [2.45, 2.75) is 51.6 Å². The van der Waals surface area contributed by atoms with E-state index in [0.717, 1.165) is 44.5 Å². The number of carbonyl (C=O) groups excluding carboxylic acids is 1. The van der Waals surface area contributed by atoms with Gasteiger partial charge in [0, 0.05) is 12.7 Å². The largest absolute Gasteiger partial charge is 0.305 e. The van der Waals surface area contributed by atoms with Crippen molar-refractivity contribution in [3.63, 3.8) is 0 Å². The molecule has 94 valence electrons. The number of nitrogens with one attached hydrogen (secondary N) is 1. The van der Waals surface area contributed by atoms with E-state index in [1.165, 1.54) is 0 Å². The minimum absolute atomic E-state index is 0.183. The van der Waals surface area contributed by atoms with Gasteiger partial charge in [0.15, 0.2) is 0 Å². The van der Waals surface area contributed by atoms with Crippen molar-refractivity contribution in [1.29, 1.82) is 0 Å². The van der Waals surface area contributed by atoms with Crippen LogP contribution in [0.2, 0.25) is 0 Å². The van der Waals surface area contributed by atoms with Crippen LogP contribution in [0.5, 0.6) is 0 Å². The van der Waals surface area contributed by atoms with Crippen LogP contribution in [0.4, 0.5) is 0 Å². The average Bonchev–Trinajstić information content (AvgIpc) is 2.78. The van der Waals surface area contributed by atoms with E-state index in [4.69, 9.17) is 0 Å². The predicted octanol–water partition coefficient (Wildman–Crippen LogP) is 2.01. The summed E-state index contributed by atoms with van der Waals surface area (Å²) in [4.78, 5) is 12.6. The molecule has 2 heterocycles. The molecule has 0 spiro atoms. The van der Waals surface area contributed by atoms with Crippen LogP contribution in [0.1, 0.15) is 50.0 Å². The molecular formula is C13H21N3O. The summed E-state index contributed by atoms with van der Waals surface area (Å²) in [5, 5.41) is 7.58. The molecule has 1 aromatic heterocycles. The van der Waals surface area contributed by atoms with Gasteiger partial charge in [-0.25, -0.2) is 0 Å². The van der Waals surface area contributed by atoms with E-state index >= 15 is 0 Å². The molecule has 17 heavy (non-hydrogen) atoms. The van der Waals surface area contributed by atoms with E-state index in [1.54, 1.807) is 6.20 Å². The number of rotatable bonds is 4. The maximum atomic E-state index is 12.6. The highest BCUT2D eigenvalue weighted by molar-refractivity contribution is 6.01. The smallest absolute Gasteiger partial charge is 0.200 e. The Balaban J connectivity index is 2.20. The van der Waals surface area contributed by atoms with Crippen molar-refractivity contribution in [3.05, 3.63) is 18.0 Å². The fourth-order valence-corrected chi connectivity index (χ4v) is 2.45. The van der Waals surface area contributed by atoms with Crippen molar-refractivity contribution in [1.82, 2.24) is 15.1 Å². The van der Waals surface area contributed by atoms with Crippen LogP contribution in [0.3, 0.4) is 0 Å². The van der Waals surface area contributed by atoms with Crippen molar-refractivity contribution in [2.75, 3.05) is 6.54 Å². The van der Waals surface area contributed by atoms with Crippen LogP contribution >= 0.6 is 0 Å². The molecule has 1 unspecified atom stereocenters. The molecule has 0 aromatic carbocycles. The fraction of sp³-hybridized carbons (Fsp3) is 0.692. The van der Waals surface area contributed by atoms with E-state index in [1.807, 2.05) is 17.7 Å². The first-order chi connectivity index (χ1) is 8.17. The van der Waals surface area contributed by atoms with Gasteiger partial charge in [0.2, 0.25) is 5.78 Å². The SMILES string of the molecule is CCCn1nccc1C(=O)C1(C)CCCCN1. The number of nitrogens with zero attached hydrogens (tertiary/aromatic N) is 2. The van der Waals surface area contributed by atoms with E-state index in [2.05, 4.69) is 17.3 Å². The van der Waals surface area contributed by atoms with Crippen molar-refractivity contribution >= 4 is 5.78 Å². The monoisotopic (exact) mass is 235 g/mol.